The summed E-state index contributed by atoms with van der Waals surface area (Å²) in [6, 6.07) is 10.3. The molecule has 3 rings (SSSR count). The first-order valence-electron chi connectivity index (χ1n) is 8.91. The van der Waals surface area contributed by atoms with Crippen LogP contribution >= 0.6 is 23.8 Å². The van der Waals surface area contributed by atoms with Gasteiger partial charge in [-0.3, -0.25) is 4.79 Å². The predicted molar refractivity (Wildman–Crippen MR) is 119 cm³/mol. The summed E-state index contributed by atoms with van der Waals surface area (Å²) < 4.78 is 10.9. The van der Waals surface area contributed by atoms with E-state index in [9.17, 15) is 4.79 Å². The summed E-state index contributed by atoms with van der Waals surface area (Å²) in [5.41, 5.74) is 3.42. The maximum absolute atomic E-state index is 13.2. The van der Waals surface area contributed by atoms with Crippen LogP contribution in [0.25, 0.3) is 0 Å². The Morgan fingerprint density at radius 2 is 1.90 bits per heavy atom. The van der Waals surface area contributed by atoms with Gasteiger partial charge in [-0.25, -0.2) is 0 Å². The highest BCUT2D eigenvalue weighted by Gasteiger charge is 2.32. The van der Waals surface area contributed by atoms with E-state index in [4.69, 9.17) is 33.3 Å². The Morgan fingerprint density at radius 1 is 1.14 bits per heavy atom. The Balaban J connectivity index is 2.02. The first kappa shape index (κ1) is 21.0. The molecule has 1 aliphatic heterocycles. The molecule has 0 aromatic heterocycles. The molecule has 0 bridgehead atoms. The van der Waals surface area contributed by atoms with Crippen LogP contribution in [0.5, 0.6) is 11.5 Å². The van der Waals surface area contributed by atoms with Gasteiger partial charge in [-0.1, -0.05) is 17.7 Å². The van der Waals surface area contributed by atoms with Gasteiger partial charge in [0.15, 0.2) is 5.11 Å². The lowest BCUT2D eigenvalue weighted by molar-refractivity contribution is -0.113. The molecule has 8 heteroatoms. The van der Waals surface area contributed by atoms with E-state index in [0.29, 0.717) is 38.6 Å². The van der Waals surface area contributed by atoms with Crippen LogP contribution in [-0.2, 0) is 4.79 Å². The maximum atomic E-state index is 13.2. The minimum atomic E-state index is -0.519. The van der Waals surface area contributed by atoms with Crippen LogP contribution < -0.4 is 25.4 Å². The van der Waals surface area contributed by atoms with E-state index in [1.165, 1.54) is 0 Å². The Labute approximate surface area is 180 Å². The predicted octanol–water partition coefficient (Wildman–Crippen LogP) is 4.10. The van der Waals surface area contributed by atoms with Crippen molar-refractivity contribution in [1.82, 2.24) is 10.6 Å². The summed E-state index contributed by atoms with van der Waals surface area (Å²) in [4.78, 5) is 13.2. The fraction of sp³-hybridized carbons (Fsp3) is 0.238. The topological polar surface area (TPSA) is 71.6 Å². The van der Waals surface area contributed by atoms with Crippen molar-refractivity contribution in [2.24, 2.45) is 0 Å². The van der Waals surface area contributed by atoms with Crippen molar-refractivity contribution in [1.29, 1.82) is 0 Å². The van der Waals surface area contributed by atoms with E-state index < -0.39 is 6.04 Å². The lowest BCUT2D eigenvalue weighted by Gasteiger charge is -2.31. The normalized spacial score (nSPS) is 16.0. The van der Waals surface area contributed by atoms with E-state index in [-0.39, 0.29) is 5.91 Å². The number of benzene rings is 2. The Morgan fingerprint density at radius 3 is 2.55 bits per heavy atom. The van der Waals surface area contributed by atoms with E-state index in [0.717, 1.165) is 11.1 Å². The number of nitrogens with one attached hydrogen (secondary N) is 3. The van der Waals surface area contributed by atoms with Crippen LogP contribution in [0.4, 0.5) is 5.69 Å². The third kappa shape index (κ3) is 4.46. The van der Waals surface area contributed by atoms with Crippen LogP contribution in [0, 0.1) is 6.92 Å². The smallest absolute Gasteiger partial charge is 0.255 e. The van der Waals surface area contributed by atoms with Gasteiger partial charge < -0.3 is 25.4 Å². The average Bonchev–Trinajstić information content (AvgIpc) is 2.69. The molecule has 1 heterocycles. The van der Waals surface area contributed by atoms with Crippen molar-refractivity contribution in [3.63, 3.8) is 0 Å². The molecule has 29 heavy (non-hydrogen) atoms. The summed E-state index contributed by atoms with van der Waals surface area (Å²) >= 11 is 11.5. The second-order valence-electron chi connectivity index (χ2n) is 6.60. The van der Waals surface area contributed by atoms with Crippen LogP contribution in [-0.4, -0.2) is 25.2 Å². The standard InChI is InChI=1S/C21H22ClN3O3S/c1-11-5-6-13(9-16(11)22)24-20(26)18-12(2)23-21(29)25-19(18)15-10-14(27-3)7-8-17(15)28-4/h5-10,19H,1-4H3,(H,24,26)(H2,23,25,29). The molecular weight excluding hydrogens is 410 g/mol. The quantitative estimate of drug-likeness (QED) is 0.619. The van der Waals surface area contributed by atoms with Crippen LogP contribution in [0.2, 0.25) is 5.02 Å². The van der Waals surface area contributed by atoms with Gasteiger partial charge in [0.25, 0.3) is 5.91 Å². The van der Waals surface area contributed by atoms with Gasteiger partial charge >= 0.3 is 0 Å². The number of allylic oxidation sites excluding steroid dienone is 1. The van der Waals surface area contributed by atoms with Crippen molar-refractivity contribution in [3.05, 3.63) is 63.8 Å². The highest BCUT2D eigenvalue weighted by Crippen LogP contribution is 2.36. The number of anilines is 1. The molecule has 2 aromatic carbocycles. The lowest BCUT2D eigenvalue weighted by Crippen LogP contribution is -2.45. The molecule has 1 unspecified atom stereocenters. The number of hydrogen-bond acceptors (Lipinski definition) is 4. The summed E-state index contributed by atoms with van der Waals surface area (Å²) in [7, 11) is 3.16. The first-order valence-corrected chi connectivity index (χ1v) is 9.70. The zero-order chi connectivity index (χ0) is 21.1. The summed E-state index contributed by atoms with van der Waals surface area (Å²) in [6.45, 7) is 3.71. The van der Waals surface area contributed by atoms with Crippen LogP contribution in [0.3, 0.4) is 0 Å². The molecule has 1 atom stereocenters. The molecule has 6 nitrogen and oxygen atoms in total. The number of methoxy groups -OCH3 is 2. The highest BCUT2D eigenvalue weighted by atomic mass is 35.5. The van der Waals surface area contributed by atoms with Crippen molar-refractivity contribution < 1.29 is 14.3 Å². The SMILES string of the molecule is COc1ccc(OC)c(C2NC(=S)NC(C)=C2C(=O)Nc2ccc(C)c(Cl)c2)c1. The van der Waals surface area contributed by atoms with Gasteiger partial charge in [0, 0.05) is 22.0 Å². The van der Waals surface area contributed by atoms with Gasteiger partial charge in [-0.05, 0) is 62.0 Å². The van der Waals surface area contributed by atoms with Gasteiger partial charge in [0.05, 0.1) is 25.8 Å². The zero-order valence-electron chi connectivity index (χ0n) is 16.6. The molecule has 0 fully saturated rings. The number of amides is 1. The fourth-order valence-corrected chi connectivity index (χ4v) is 3.61. The van der Waals surface area contributed by atoms with Crippen molar-refractivity contribution in [2.45, 2.75) is 19.9 Å². The second kappa shape index (κ2) is 8.71. The third-order valence-corrected chi connectivity index (χ3v) is 5.32. The molecule has 0 saturated heterocycles. The number of ether oxygens (including phenoxy) is 2. The largest absolute Gasteiger partial charge is 0.497 e. The number of hydrogen-bond donors (Lipinski definition) is 3. The zero-order valence-corrected chi connectivity index (χ0v) is 18.1. The fourth-order valence-electron chi connectivity index (χ4n) is 3.16. The van der Waals surface area contributed by atoms with E-state index >= 15 is 0 Å². The summed E-state index contributed by atoms with van der Waals surface area (Å²) in [5.74, 6) is 0.985. The van der Waals surface area contributed by atoms with Crippen molar-refractivity contribution >= 4 is 40.5 Å². The van der Waals surface area contributed by atoms with Gasteiger partial charge in [-0.15, -0.1) is 0 Å². The first-order chi connectivity index (χ1) is 13.8. The number of halogens is 1. The van der Waals surface area contributed by atoms with E-state index in [1.807, 2.05) is 32.0 Å². The van der Waals surface area contributed by atoms with Gasteiger partial charge in [0.2, 0.25) is 0 Å². The Bertz CT molecular complexity index is 1010. The monoisotopic (exact) mass is 431 g/mol. The molecular formula is C21H22ClN3O3S. The van der Waals surface area contributed by atoms with Crippen LogP contribution in [0.15, 0.2) is 47.7 Å². The van der Waals surface area contributed by atoms with Gasteiger partial charge in [0.1, 0.15) is 11.5 Å². The van der Waals surface area contributed by atoms with Crippen molar-refractivity contribution in [3.8, 4) is 11.5 Å². The molecule has 1 amide bonds. The van der Waals surface area contributed by atoms with Crippen LogP contribution in [0.1, 0.15) is 24.1 Å². The number of carbonyl (C=O) groups is 1. The Kier molecular flexibility index (Phi) is 6.30. The summed E-state index contributed by atoms with van der Waals surface area (Å²) in [6.07, 6.45) is 0. The van der Waals surface area contributed by atoms with E-state index in [1.54, 1.807) is 32.4 Å². The minimum Gasteiger partial charge on any atom is -0.497 e. The molecule has 152 valence electrons. The number of rotatable bonds is 5. The molecule has 2 aromatic rings. The molecule has 1 aliphatic rings. The van der Waals surface area contributed by atoms with E-state index in [2.05, 4.69) is 16.0 Å². The maximum Gasteiger partial charge on any atom is 0.255 e. The lowest BCUT2D eigenvalue weighted by atomic mass is 9.94. The van der Waals surface area contributed by atoms with Gasteiger partial charge in [-0.2, -0.15) is 0 Å². The molecule has 0 spiro atoms. The number of carbonyl (C=O) groups excluding carboxylic acids is 1. The minimum absolute atomic E-state index is 0.278. The average molecular weight is 432 g/mol. The number of aryl methyl sites for hydroxylation is 1. The molecule has 0 aliphatic carbocycles. The second-order valence-corrected chi connectivity index (χ2v) is 7.41. The third-order valence-electron chi connectivity index (χ3n) is 4.69. The Hall–Kier alpha value is -2.77. The highest BCUT2D eigenvalue weighted by molar-refractivity contribution is 7.80. The molecule has 3 N–H and O–H groups in total. The molecule has 0 saturated carbocycles. The molecule has 0 radical (unpaired) electrons. The number of thiocarbonyl (C=S) groups is 1. The summed E-state index contributed by atoms with van der Waals surface area (Å²) in [5, 5.41) is 10.1. The van der Waals surface area contributed by atoms with Crippen molar-refractivity contribution in [2.75, 3.05) is 19.5 Å².